The average Bonchev–Trinajstić information content (AvgIpc) is 3.25. The SMILES string of the molecule is CCc1nnc(NC(=O)CCc2nnc(-c3ccsc3)o2)s1. The first-order valence-corrected chi connectivity index (χ1v) is 8.47. The van der Waals surface area contributed by atoms with Crippen molar-refractivity contribution in [3.63, 3.8) is 0 Å². The normalized spacial score (nSPS) is 10.8. The van der Waals surface area contributed by atoms with Crippen LogP contribution in [-0.2, 0) is 17.6 Å². The molecule has 0 spiro atoms. The molecule has 3 aromatic rings. The van der Waals surface area contributed by atoms with Gasteiger partial charge in [0.25, 0.3) is 0 Å². The molecule has 0 unspecified atom stereocenters. The molecule has 9 heteroatoms. The first-order chi connectivity index (χ1) is 10.7. The molecule has 22 heavy (non-hydrogen) atoms. The van der Waals surface area contributed by atoms with Crippen molar-refractivity contribution in [2.45, 2.75) is 26.2 Å². The number of aromatic nitrogens is 4. The summed E-state index contributed by atoms with van der Waals surface area (Å²) in [4.78, 5) is 11.9. The Bertz CT molecular complexity index is 750. The summed E-state index contributed by atoms with van der Waals surface area (Å²) < 4.78 is 5.53. The minimum absolute atomic E-state index is 0.144. The van der Waals surface area contributed by atoms with E-state index in [-0.39, 0.29) is 12.3 Å². The zero-order chi connectivity index (χ0) is 15.4. The monoisotopic (exact) mass is 335 g/mol. The van der Waals surface area contributed by atoms with Crippen LogP contribution in [0.1, 0.15) is 24.2 Å². The topological polar surface area (TPSA) is 93.8 Å². The van der Waals surface area contributed by atoms with Crippen LogP contribution in [0.3, 0.4) is 0 Å². The number of nitrogens with zero attached hydrogens (tertiary/aromatic N) is 4. The number of carbonyl (C=O) groups is 1. The molecule has 0 atom stereocenters. The van der Waals surface area contributed by atoms with Gasteiger partial charge in [-0.15, -0.1) is 20.4 Å². The Morgan fingerprint density at radius 2 is 2.23 bits per heavy atom. The predicted molar refractivity (Wildman–Crippen MR) is 83.8 cm³/mol. The van der Waals surface area contributed by atoms with Crippen LogP contribution in [-0.4, -0.2) is 26.3 Å². The van der Waals surface area contributed by atoms with Gasteiger partial charge in [-0.05, 0) is 17.9 Å². The Balaban J connectivity index is 1.52. The van der Waals surface area contributed by atoms with E-state index >= 15 is 0 Å². The molecule has 0 saturated heterocycles. The molecule has 114 valence electrons. The highest BCUT2D eigenvalue weighted by Gasteiger charge is 2.12. The predicted octanol–water partition coefficient (Wildman–Crippen LogP) is 2.78. The van der Waals surface area contributed by atoms with Crippen LogP contribution in [0, 0.1) is 0 Å². The molecule has 3 rings (SSSR count). The highest BCUT2D eigenvalue weighted by molar-refractivity contribution is 7.15. The van der Waals surface area contributed by atoms with E-state index in [1.54, 1.807) is 11.3 Å². The van der Waals surface area contributed by atoms with Gasteiger partial charge in [0, 0.05) is 23.8 Å². The number of thiophene rings is 1. The first kappa shape index (κ1) is 14.8. The molecule has 0 bridgehead atoms. The molecule has 1 amide bonds. The number of amides is 1. The number of anilines is 1. The molecule has 0 fully saturated rings. The largest absolute Gasteiger partial charge is 0.421 e. The number of nitrogens with one attached hydrogen (secondary N) is 1. The second-order valence-corrected chi connectivity index (χ2v) is 6.26. The fraction of sp³-hybridized carbons (Fsp3) is 0.308. The van der Waals surface area contributed by atoms with E-state index in [0.717, 1.165) is 17.0 Å². The van der Waals surface area contributed by atoms with Crippen molar-refractivity contribution in [3.05, 3.63) is 27.7 Å². The molecule has 0 saturated carbocycles. The Morgan fingerprint density at radius 1 is 1.32 bits per heavy atom. The van der Waals surface area contributed by atoms with E-state index in [1.807, 2.05) is 23.8 Å². The third kappa shape index (κ3) is 3.55. The van der Waals surface area contributed by atoms with Gasteiger partial charge in [-0.2, -0.15) is 11.3 Å². The molecular weight excluding hydrogens is 322 g/mol. The molecule has 0 aromatic carbocycles. The summed E-state index contributed by atoms with van der Waals surface area (Å²) in [6, 6.07) is 1.91. The van der Waals surface area contributed by atoms with Crippen LogP contribution in [0.25, 0.3) is 11.5 Å². The average molecular weight is 335 g/mol. The number of carbonyl (C=O) groups excluding carboxylic acids is 1. The van der Waals surface area contributed by atoms with E-state index in [9.17, 15) is 4.79 Å². The maximum atomic E-state index is 11.9. The minimum Gasteiger partial charge on any atom is -0.421 e. The summed E-state index contributed by atoms with van der Waals surface area (Å²) in [7, 11) is 0. The standard InChI is InChI=1S/C13H13N5O2S2/c1-2-11-16-18-13(22-11)14-9(19)3-4-10-15-17-12(20-10)8-5-6-21-7-8/h5-7H,2-4H2,1H3,(H,14,18,19). The quantitative estimate of drug-likeness (QED) is 0.744. The van der Waals surface area contributed by atoms with Crippen molar-refractivity contribution in [1.82, 2.24) is 20.4 Å². The lowest BCUT2D eigenvalue weighted by molar-refractivity contribution is -0.116. The minimum atomic E-state index is -0.144. The van der Waals surface area contributed by atoms with E-state index < -0.39 is 0 Å². The zero-order valence-electron chi connectivity index (χ0n) is 11.8. The number of aryl methyl sites for hydroxylation is 2. The van der Waals surface area contributed by atoms with Crippen LogP contribution < -0.4 is 5.32 Å². The molecule has 0 aliphatic rings. The van der Waals surface area contributed by atoms with Gasteiger partial charge in [0.2, 0.25) is 22.8 Å². The Morgan fingerprint density at radius 3 is 2.95 bits per heavy atom. The lowest BCUT2D eigenvalue weighted by Gasteiger charge is -1.98. The molecule has 0 aliphatic heterocycles. The summed E-state index contributed by atoms with van der Waals surface area (Å²) >= 11 is 2.94. The molecule has 7 nitrogen and oxygen atoms in total. The summed E-state index contributed by atoms with van der Waals surface area (Å²) in [5.74, 6) is 0.783. The summed E-state index contributed by atoms with van der Waals surface area (Å²) in [5.41, 5.74) is 0.897. The summed E-state index contributed by atoms with van der Waals surface area (Å²) in [6.45, 7) is 1.99. The number of hydrogen-bond donors (Lipinski definition) is 1. The van der Waals surface area contributed by atoms with Crippen molar-refractivity contribution < 1.29 is 9.21 Å². The molecule has 1 N–H and O–H groups in total. The van der Waals surface area contributed by atoms with Crippen molar-refractivity contribution in [1.29, 1.82) is 0 Å². The fourth-order valence-corrected chi connectivity index (χ4v) is 3.03. The van der Waals surface area contributed by atoms with Crippen LogP contribution in [0.2, 0.25) is 0 Å². The first-order valence-electron chi connectivity index (χ1n) is 6.71. The Labute approximate surface area is 134 Å². The third-order valence-corrected chi connectivity index (χ3v) is 4.48. The van der Waals surface area contributed by atoms with Gasteiger partial charge < -0.3 is 9.73 Å². The second-order valence-electron chi connectivity index (χ2n) is 4.42. The van der Waals surface area contributed by atoms with Crippen LogP contribution in [0.4, 0.5) is 5.13 Å². The van der Waals surface area contributed by atoms with Crippen molar-refractivity contribution >= 4 is 33.7 Å². The van der Waals surface area contributed by atoms with Gasteiger partial charge in [-0.25, -0.2) is 0 Å². The maximum absolute atomic E-state index is 11.9. The molecule has 3 heterocycles. The van der Waals surface area contributed by atoms with E-state index in [0.29, 0.717) is 23.3 Å². The van der Waals surface area contributed by atoms with Gasteiger partial charge in [0.05, 0.1) is 0 Å². The van der Waals surface area contributed by atoms with Gasteiger partial charge in [-0.1, -0.05) is 18.3 Å². The van der Waals surface area contributed by atoms with Crippen molar-refractivity contribution in [2.24, 2.45) is 0 Å². The van der Waals surface area contributed by atoms with Gasteiger partial charge in [-0.3, -0.25) is 4.79 Å². The van der Waals surface area contributed by atoms with Gasteiger partial charge in [0.1, 0.15) is 5.01 Å². The smallest absolute Gasteiger partial charge is 0.248 e. The zero-order valence-corrected chi connectivity index (χ0v) is 13.4. The van der Waals surface area contributed by atoms with E-state index in [4.69, 9.17) is 4.42 Å². The number of rotatable bonds is 6. The van der Waals surface area contributed by atoms with Gasteiger partial charge >= 0.3 is 0 Å². The molecule has 0 aliphatic carbocycles. The lowest BCUT2D eigenvalue weighted by Crippen LogP contribution is -2.12. The lowest BCUT2D eigenvalue weighted by atomic mass is 10.3. The molecule has 3 aromatic heterocycles. The fourth-order valence-electron chi connectivity index (χ4n) is 1.71. The summed E-state index contributed by atoms with van der Waals surface area (Å²) in [5, 5.41) is 23.8. The van der Waals surface area contributed by atoms with Crippen LogP contribution in [0.5, 0.6) is 0 Å². The van der Waals surface area contributed by atoms with Gasteiger partial charge in [0.15, 0.2) is 0 Å². The highest BCUT2D eigenvalue weighted by Crippen LogP contribution is 2.21. The van der Waals surface area contributed by atoms with Crippen LogP contribution in [0.15, 0.2) is 21.2 Å². The second kappa shape index (κ2) is 6.75. The molecule has 0 radical (unpaired) electrons. The molecular formula is C13H13N5O2S2. The Kier molecular flexibility index (Phi) is 4.54. The third-order valence-electron chi connectivity index (χ3n) is 2.82. The van der Waals surface area contributed by atoms with Crippen LogP contribution >= 0.6 is 22.7 Å². The Hall–Kier alpha value is -2.13. The highest BCUT2D eigenvalue weighted by atomic mass is 32.1. The van der Waals surface area contributed by atoms with Crippen molar-refractivity contribution in [2.75, 3.05) is 5.32 Å². The van der Waals surface area contributed by atoms with Crippen molar-refractivity contribution in [3.8, 4) is 11.5 Å². The summed E-state index contributed by atoms with van der Waals surface area (Å²) in [6.07, 6.45) is 1.45. The van der Waals surface area contributed by atoms with E-state index in [2.05, 4.69) is 25.7 Å². The van der Waals surface area contributed by atoms with E-state index in [1.165, 1.54) is 11.3 Å². The number of hydrogen-bond acceptors (Lipinski definition) is 8. The maximum Gasteiger partial charge on any atom is 0.248 e.